The molecule has 0 unspecified atom stereocenters. The van der Waals surface area contributed by atoms with Gasteiger partial charge in [-0.2, -0.15) is 4.98 Å². The number of hydrogen-bond acceptors (Lipinski definition) is 7. The van der Waals surface area contributed by atoms with E-state index in [-0.39, 0.29) is 0 Å². The first-order valence-corrected chi connectivity index (χ1v) is 8.21. The van der Waals surface area contributed by atoms with Gasteiger partial charge in [-0.25, -0.2) is 4.98 Å². The Morgan fingerprint density at radius 1 is 0.962 bits per heavy atom. The minimum atomic E-state index is 0.469. The van der Waals surface area contributed by atoms with Gasteiger partial charge in [0, 0.05) is 18.0 Å². The third kappa shape index (κ3) is 3.46. The van der Waals surface area contributed by atoms with Crippen LogP contribution in [0, 0.1) is 0 Å². The van der Waals surface area contributed by atoms with Gasteiger partial charge < -0.3 is 24.8 Å². The van der Waals surface area contributed by atoms with E-state index in [0.29, 0.717) is 25.0 Å². The van der Waals surface area contributed by atoms with Crippen LogP contribution < -0.4 is 24.8 Å². The summed E-state index contributed by atoms with van der Waals surface area (Å²) in [6, 6.07) is 15.1. The van der Waals surface area contributed by atoms with Crippen LogP contribution in [0.2, 0.25) is 0 Å². The monoisotopic (exact) mass is 350 g/mol. The van der Waals surface area contributed by atoms with Gasteiger partial charge in [-0.3, -0.25) is 0 Å². The lowest BCUT2D eigenvalue weighted by Crippen LogP contribution is -2.15. The Bertz CT molecular complexity index is 917. The molecule has 0 spiro atoms. The van der Waals surface area contributed by atoms with Crippen LogP contribution in [-0.4, -0.2) is 30.3 Å². The molecular formula is C19H18N4O3. The van der Waals surface area contributed by atoms with Crippen molar-refractivity contribution >= 4 is 23.1 Å². The highest BCUT2D eigenvalue weighted by Crippen LogP contribution is 2.33. The molecule has 7 nitrogen and oxygen atoms in total. The molecule has 0 saturated heterocycles. The van der Waals surface area contributed by atoms with Gasteiger partial charge in [0.2, 0.25) is 5.95 Å². The molecule has 0 fully saturated rings. The summed E-state index contributed by atoms with van der Waals surface area (Å²) < 4.78 is 16.5. The van der Waals surface area contributed by atoms with Crippen LogP contribution in [0.15, 0.2) is 54.7 Å². The van der Waals surface area contributed by atoms with Crippen molar-refractivity contribution in [1.82, 2.24) is 9.97 Å². The molecule has 26 heavy (non-hydrogen) atoms. The van der Waals surface area contributed by atoms with Gasteiger partial charge >= 0.3 is 0 Å². The first kappa shape index (κ1) is 16.0. The number of nitrogens with one attached hydrogen (secondary N) is 2. The molecule has 0 amide bonds. The highest BCUT2D eigenvalue weighted by atomic mass is 16.6. The van der Waals surface area contributed by atoms with Crippen molar-refractivity contribution in [3.8, 4) is 17.2 Å². The van der Waals surface area contributed by atoms with Crippen LogP contribution in [-0.2, 0) is 0 Å². The van der Waals surface area contributed by atoms with Gasteiger partial charge in [0.15, 0.2) is 11.5 Å². The first-order valence-electron chi connectivity index (χ1n) is 8.21. The second kappa shape index (κ2) is 7.18. The fourth-order valence-electron chi connectivity index (χ4n) is 2.63. The molecular weight excluding hydrogens is 332 g/mol. The smallest absolute Gasteiger partial charge is 0.229 e. The van der Waals surface area contributed by atoms with Gasteiger partial charge in [-0.1, -0.05) is 12.1 Å². The van der Waals surface area contributed by atoms with Crippen molar-refractivity contribution < 1.29 is 14.2 Å². The molecule has 2 N–H and O–H groups in total. The van der Waals surface area contributed by atoms with Crippen LogP contribution in [0.25, 0.3) is 0 Å². The number of benzene rings is 2. The van der Waals surface area contributed by atoms with Gasteiger partial charge in [0.1, 0.15) is 24.8 Å². The molecule has 1 aromatic heterocycles. The Morgan fingerprint density at radius 2 is 1.81 bits per heavy atom. The summed E-state index contributed by atoms with van der Waals surface area (Å²) in [4.78, 5) is 8.75. The third-order valence-electron chi connectivity index (χ3n) is 3.82. The SMILES string of the molecule is COc1ccccc1Nc1nccc(Nc2ccc3c(c2)OCCO3)n1. The molecule has 2 heterocycles. The number of ether oxygens (including phenoxy) is 3. The number of rotatable bonds is 5. The average molecular weight is 350 g/mol. The minimum Gasteiger partial charge on any atom is -0.495 e. The van der Waals surface area contributed by atoms with E-state index >= 15 is 0 Å². The third-order valence-corrected chi connectivity index (χ3v) is 3.82. The zero-order valence-corrected chi connectivity index (χ0v) is 14.2. The summed E-state index contributed by atoms with van der Waals surface area (Å²) in [7, 11) is 1.63. The fraction of sp³-hybridized carbons (Fsp3) is 0.158. The van der Waals surface area contributed by atoms with E-state index in [9.17, 15) is 0 Å². The fourth-order valence-corrected chi connectivity index (χ4v) is 2.63. The molecule has 3 aromatic rings. The number of aromatic nitrogens is 2. The van der Waals surface area contributed by atoms with E-state index in [1.54, 1.807) is 19.4 Å². The van der Waals surface area contributed by atoms with E-state index in [1.165, 1.54) is 0 Å². The van der Waals surface area contributed by atoms with Crippen LogP contribution in [0.1, 0.15) is 0 Å². The maximum Gasteiger partial charge on any atom is 0.229 e. The largest absolute Gasteiger partial charge is 0.495 e. The first-order chi connectivity index (χ1) is 12.8. The molecule has 132 valence electrons. The molecule has 4 rings (SSSR count). The molecule has 0 saturated carbocycles. The zero-order valence-electron chi connectivity index (χ0n) is 14.2. The Balaban J connectivity index is 1.52. The van der Waals surface area contributed by atoms with Crippen molar-refractivity contribution in [2.24, 2.45) is 0 Å². The lowest BCUT2D eigenvalue weighted by Gasteiger charge is -2.19. The average Bonchev–Trinajstić information content (AvgIpc) is 2.69. The number of nitrogens with zero attached hydrogens (tertiary/aromatic N) is 2. The van der Waals surface area contributed by atoms with Gasteiger partial charge in [-0.15, -0.1) is 0 Å². The number of fused-ring (bicyclic) bond motifs is 1. The van der Waals surface area contributed by atoms with Crippen LogP contribution in [0.3, 0.4) is 0 Å². The van der Waals surface area contributed by atoms with Crippen molar-refractivity contribution in [3.05, 3.63) is 54.7 Å². The van der Waals surface area contributed by atoms with Crippen molar-refractivity contribution in [3.63, 3.8) is 0 Å². The lowest BCUT2D eigenvalue weighted by atomic mass is 10.2. The summed E-state index contributed by atoms with van der Waals surface area (Å²) >= 11 is 0. The van der Waals surface area contributed by atoms with Gasteiger partial charge in [0.05, 0.1) is 12.8 Å². The Labute approximate surface area is 151 Å². The Kier molecular flexibility index (Phi) is 4.42. The topological polar surface area (TPSA) is 77.5 Å². The maximum absolute atomic E-state index is 5.61. The van der Waals surface area contributed by atoms with Crippen molar-refractivity contribution in [2.75, 3.05) is 31.0 Å². The lowest BCUT2D eigenvalue weighted by molar-refractivity contribution is 0.171. The highest BCUT2D eigenvalue weighted by molar-refractivity contribution is 5.65. The number of methoxy groups -OCH3 is 1. The quantitative estimate of drug-likeness (QED) is 0.726. The Morgan fingerprint density at radius 3 is 2.69 bits per heavy atom. The van der Waals surface area contributed by atoms with E-state index in [0.717, 1.165) is 28.6 Å². The van der Waals surface area contributed by atoms with Gasteiger partial charge in [-0.05, 0) is 30.3 Å². The molecule has 0 atom stereocenters. The van der Waals surface area contributed by atoms with E-state index < -0.39 is 0 Å². The van der Waals surface area contributed by atoms with Crippen LogP contribution in [0.5, 0.6) is 17.2 Å². The molecule has 0 radical (unpaired) electrons. The van der Waals surface area contributed by atoms with Crippen LogP contribution >= 0.6 is 0 Å². The van der Waals surface area contributed by atoms with E-state index in [2.05, 4.69) is 20.6 Å². The molecule has 7 heteroatoms. The van der Waals surface area contributed by atoms with Crippen molar-refractivity contribution in [2.45, 2.75) is 0 Å². The predicted molar refractivity (Wildman–Crippen MR) is 99.0 cm³/mol. The summed E-state index contributed by atoms with van der Waals surface area (Å²) in [5.41, 5.74) is 1.66. The van der Waals surface area contributed by atoms with Crippen molar-refractivity contribution in [1.29, 1.82) is 0 Å². The van der Waals surface area contributed by atoms with E-state index in [1.807, 2.05) is 42.5 Å². The summed E-state index contributed by atoms with van der Waals surface area (Å²) in [6.07, 6.45) is 1.69. The standard InChI is InChI=1S/C19H18N4O3/c1-24-15-5-3-2-4-14(15)22-19-20-9-8-18(23-19)21-13-6-7-16-17(12-13)26-11-10-25-16/h2-9,12H,10-11H2,1H3,(H2,20,21,22,23). The van der Waals surface area contributed by atoms with E-state index in [4.69, 9.17) is 14.2 Å². The second-order valence-electron chi connectivity index (χ2n) is 5.57. The molecule has 1 aliphatic rings. The summed E-state index contributed by atoms with van der Waals surface area (Å²) in [5.74, 6) is 3.33. The number of hydrogen-bond donors (Lipinski definition) is 2. The number of para-hydroxylation sites is 2. The summed E-state index contributed by atoms with van der Waals surface area (Å²) in [5, 5.41) is 6.42. The van der Waals surface area contributed by atoms with Crippen LogP contribution in [0.4, 0.5) is 23.1 Å². The molecule has 0 bridgehead atoms. The second-order valence-corrected chi connectivity index (χ2v) is 5.57. The highest BCUT2D eigenvalue weighted by Gasteiger charge is 2.12. The Hall–Kier alpha value is -3.48. The molecule has 1 aliphatic heterocycles. The minimum absolute atomic E-state index is 0.469. The maximum atomic E-state index is 5.61. The normalized spacial score (nSPS) is 12.3. The summed E-state index contributed by atoms with van der Waals surface area (Å²) in [6.45, 7) is 1.13. The number of anilines is 4. The predicted octanol–water partition coefficient (Wildman–Crippen LogP) is 3.74. The zero-order chi connectivity index (χ0) is 17.8. The molecule has 2 aromatic carbocycles. The van der Waals surface area contributed by atoms with Gasteiger partial charge in [0.25, 0.3) is 0 Å². The molecule has 0 aliphatic carbocycles.